The molecule has 5 heteroatoms. The van der Waals surface area contributed by atoms with E-state index >= 15 is 0 Å². The summed E-state index contributed by atoms with van der Waals surface area (Å²) < 4.78 is 5.45. The highest BCUT2D eigenvalue weighted by atomic mass is 16.5. The summed E-state index contributed by atoms with van der Waals surface area (Å²) in [5.41, 5.74) is 2.07. The molecule has 2 aromatic rings. The summed E-state index contributed by atoms with van der Waals surface area (Å²) in [7, 11) is 1.71. The Bertz CT molecular complexity index is 757. The van der Waals surface area contributed by atoms with Crippen molar-refractivity contribution < 1.29 is 4.74 Å². The smallest absolute Gasteiger partial charge is 0.121 e. The predicted molar refractivity (Wildman–Crippen MR) is 112 cm³/mol. The van der Waals surface area contributed by atoms with Gasteiger partial charge in [-0.1, -0.05) is 6.07 Å². The molecular weight excluding hydrogens is 336 g/mol. The molecule has 3 aliphatic heterocycles. The highest BCUT2D eigenvalue weighted by Crippen LogP contribution is 2.29. The van der Waals surface area contributed by atoms with Gasteiger partial charge in [0.15, 0.2) is 0 Å². The maximum absolute atomic E-state index is 5.45. The van der Waals surface area contributed by atoms with Gasteiger partial charge in [-0.2, -0.15) is 0 Å². The van der Waals surface area contributed by atoms with Crippen molar-refractivity contribution in [3.63, 3.8) is 0 Å². The molecule has 0 spiro atoms. The normalized spacial score (nSPS) is 25.5. The number of anilines is 1. The number of hydrogen-bond donors (Lipinski definition) is 2. The van der Waals surface area contributed by atoms with Crippen LogP contribution in [0.25, 0.3) is 10.9 Å². The number of benzene rings is 1. The number of fused-ring (bicyclic) bond motifs is 4. The zero-order chi connectivity index (χ0) is 18.6. The molecule has 2 bridgehead atoms. The Kier molecular flexibility index (Phi) is 5.79. The molecule has 2 atom stereocenters. The van der Waals surface area contributed by atoms with Crippen molar-refractivity contribution in [2.75, 3.05) is 38.6 Å². The van der Waals surface area contributed by atoms with Gasteiger partial charge in [-0.3, -0.25) is 4.98 Å². The van der Waals surface area contributed by atoms with Crippen LogP contribution in [0.1, 0.15) is 32.6 Å². The van der Waals surface area contributed by atoms with Crippen LogP contribution in [-0.4, -0.2) is 55.3 Å². The minimum absolute atomic E-state index is 0.399. The first-order chi connectivity index (χ1) is 13.2. The predicted octanol–water partition coefficient (Wildman–Crippen LogP) is 3.51. The van der Waals surface area contributed by atoms with E-state index in [2.05, 4.69) is 39.6 Å². The van der Waals surface area contributed by atoms with E-state index in [0.717, 1.165) is 41.2 Å². The second-order valence-electron chi connectivity index (χ2n) is 8.14. The minimum atomic E-state index is 0.399. The third-order valence-electron chi connectivity index (χ3n) is 6.19. The summed E-state index contributed by atoms with van der Waals surface area (Å²) >= 11 is 0. The van der Waals surface area contributed by atoms with Gasteiger partial charge in [-0.05, 0) is 70.3 Å². The van der Waals surface area contributed by atoms with Crippen LogP contribution in [0.2, 0.25) is 0 Å². The lowest BCUT2D eigenvalue weighted by molar-refractivity contribution is 0.0727. The Labute approximate surface area is 162 Å². The number of rotatable bonds is 8. The van der Waals surface area contributed by atoms with Crippen molar-refractivity contribution >= 4 is 16.6 Å². The van der Waals surface area contributed by atoms with Crippen LogP contribution in [-0.2, 0) is 0 Å². The van der Waals surface area contributed by atoms with Gasteiger partial charge < -0.3 is 20.3 Å². The summed E-state index contributed by atoms with van der Waals surface area (Å²) in [6.45, 7) is 7.24. The third-order valence-corrected chi connectivity index (χ3v) is 6.19. The molecule has 4 heterocycles. The van der Waals surface area contributed by atoms with Gasteiger partial charge >= 0.3 is 0 Å². The molecule has 5 rings (SSSR count). The molecule has 0 aliphatic carbocycles. The number of aromatic nitrogens is 1. The van der Waals surface area contributed by atoms with Crippen LogP contribution in [0.15, 0.2) is 30.5 Å². The lowest BCUT2D eigenvalue weighted by atomic mass is 9.84. The Hall–Kier alpha value is -1.85. The summed E-state index contributed by atoms with van der Waals surface area (Å²) in [5.74, 6) is 1.77. The van der Waals surface area contributed by atoms with Crippen LogP contribution in [0.4, 0.5) is 5.69 Å². The average molecular weight is 369 g/mol. The quantitative estimate of drug-likeness (QED) is 0.699. The summed E-state index contributed by atoms with van der Waals surface area (Å²) in [5, 5.41) is 8.57. The van der Waals surface area contributed by atoms with Crippen molar-refractivity contribution in [2.24, 2.45) is 5.92 Å². The molecule has 0 amide bonds. The molecule has 0 saturated carbocycles. The summed E-state index contributed by atoms with van der Waals surface area (Å²) in [6.07, 6.45) is 6.94. The fourth-order valence-electron chi connectivity index (χ4n) is 4.62. The van der Waals surface area contributed by atoms with Crippen LogP contribution in [0, 0.1) is 5.92 Å². The first kappa shape index (κ1) is 18.5. The second-order valence-corrected chi connectivity index (χ2v) is 8.14. The topological polar surface area (TPSA) is 49.4 Å². The first-order valence-corrected chi connectivity index (χ1v) is 10.4. The van der Waals surface area contributed by atoms with Crippen molar-refractivity contribution in [1.29, 1.82) is 0 Å². The van der Waals surface area contributed by atoms with Gasteiger partial charge in [0, 0.05) is 36.3 Å². The SMILES string of the molecule is COc1cc(NC(C)CCCNC2CN3CCC2CC3)c2ncccc2c1. The van der Waals surface area contributed by atoms with Crippen molar-refractivity contribution in [2.45, 2.75) is 44.7 Å². The third kappa shape index (κ3) is 4.36. The molecule has 1 aromatic heterocycles. The number of nitrogens with one attached hydrogen (secondary N) is 2. The van der Waals surface area contributed by atoms with Gasteiger partial charge in [0.2, 0.25) is 0 Å². The van der Waals surface area contributed by atoms with Gasteiger partial charge in [0.25, 0.3) is 0 Å². The average Bonchev–Trinajstić information content (AvgIpc) is 2.72. The molecule has 146 valence electrons. The standard InChI is InChI=1S/C22H32N4O/c1-16(5-3-9-23-21-15-26-11-7-17(21)8-12-26)25-20-14-19(27-2)13-18-6-4-10-24-22(18)20/h4,6,10,13-14,16-17,21,23,25H,3,5,7-9,11-12,15H2,1-2H3. The van der Waals surface area contributed by atoms with E-state index in [0.29, 0.717) is 12.1 Å². The minimum Gasteiger partial charge on any atom is -0.497 e. The second kappa shape index (κ2) is 8.44. The Balaban J connectivity index is 1.28. The van der Waals surface area contributed by atoms with Crippen LogP contribution in [0.5, 0.6) is 5.75 Å². The fraction of sp³-hybridized carbons (Fsp3) is 0.591. The van der Waals surface area contributed by atoms with Crippen molar-refractivity contribution in [3.8, 4) is 5.75 Å². The molecular formula is C22H32N4O. The van der Waals surface area contributed by atoms with Gasteiger partial charge in [-0.25, -0.2) is 0 Å². The molecule has 1 aromatic carbocycles. The van der Waals surface area contributed by atoms with E-state index in [1.165, 1.54) is 38.9 Å². The van der Waals surface area contributed by atoms with E-state index in [1.54, 1.807) is 7.11 Å². The Morgan fingerprint density at radius 1 is 1.30 bits per heavy atom. The number of hydrogen-bond acceptors (Lipinski definition) is 5. The molecule has 3 aliphatic rings. The Morgan fingerprint density at radius 3 is 2.89 bits per heavy atom. The van der Waals surface area contributed by atoms with E-state index in [1.807, 2.05) is 18.3 Å². The van der Waals surface area contributed by atoms with E-state index in [9.17, 15) is 0 Å². The maximum atomic E-state index is 5.45. The van der Waals surface area contributed by atoms with Gasteiger partial charge in [-0.15, -0.1) is 0 Å². The number of methoxy groups -OCH3 is 1. The zero-order valence-corrected chi connectivity index (χ0v) is 16.6. The summed E-state index contributed by atoms with van der Waals surface area (Å²) in [6, 6.07) is 9.25. The molecule has 3 fully saturated rings. The van der Waals surface area contributed by atoms with Crippen LogP contribution in [0.3, 0.4) is 0 Å². The zero-order valence-electron chi connectivity index (χ0n) is 16.6. The van der Waals surface area contributed by atoms with E-state index in [4.69, 9.17) is 4.74 Å². The highest BCUT2D eigenvalue weighted by Gasteiger charge is 2.33. The number of piperidine rings is 3. The lowest BCUT2D eigenvalue weighted by Crippen LogP contribution is -2.56. The van der Waals surface area contributed by atoms with Crippen molar-refractivity contribution in [3.05, 3.63) is 30.5 Å². The van der Waals surface area contributed by atoms with Crippen LogP contribution < -0.4 is 15.4 Å². The molecule has 2 N–H and O–H groups in total. The molecule has 2 unspecified atom stereocenters. The van der Waals surface area contributed by atoms with Crippen LogP contribution >= 0.6 is 0 Å². The molecule has 3 saturated heterocycles. The number of pyridine rings is 1. The largest absolute Gasteiger partial charge is 0.497 e. The van der Waals surface area contributed by atoms with E-state index in [-0.39, 0.29) is 0 Å². The number of ether oxygens (including phenoxy) is 1. The van der Waals surface area contributed by atoms with Gasteiger partial charge in [0.05, 0.1) is 18.3 Å². The first-order valence-electron chi connectivity index (χ1n) is 10.4. The van der Waals surface area contributed by atoms with Crippen molar-refractivity contribution in [1.82, 2.24) is 15.2 Å². The lowest BCUT2D eigenvalue weighted by Gasteiger charge is -2.45. The van der Waals surface area contributed by atoms with Gasteiger partial charge in [0.1, 0.15) is 5.75 Å². The number of nitrogens with zero attached hydrogens (tertiary/aromatic N) is 2. The summed E-state index contributed by atoms with van der Waals surface area (Å²) in [4.78, 5) is 7.17. The highest BCUT2D eigenvalue weighted by molar-refractivity contribution is 5.91. The maximum Gasteiger partial charge on any atom is 0.121 e. The molecule has 27 heavy (non-hydrogen) atoms. The Morgan fingerprint density at radius 2 is 2.15 bits per heavy atom. The van der Waals surface area contributed by atoms with E-state index < -0.39 is 0 Å². The molecule has 5 nitrogen and oxygen atoms in total. The molecule has 0 radical (unpaired) electrons. The fourth-order valence-corrected chi connectivity index (χ4v) is 4.62. The monoisotopic (exact) mass is 368 g/mol.